The van der Waals surface area contributed by atoms with Crippen LogP contribution >= 0.6 is 0 Å². The number of aliphatic imine (C=N–C) groups is 1. The van der Waals surface area contributed by atoms with Crippen molar-refractivity contribution >= 4 is 11.7 Å². The van der Waals surface area contributed by atoms with E-state index in [4.69, 9.17) is 15.2 Å². The van der Waals surface area contributed by atoms with E-state index in [-0.39, 0.29) is 23.7 Å². The molecular formula is C18H24N4O2. The molecule has 2 saturated carbocycles. The maximum atomic E-state index is 6.33. The standard InChI is InChI=1S/C18H24N4O2/c1-10-6-18(7-10)8-12(13-14(18)24-17(2,3)23-13)22-5-4-11-15(19)20-9-21-16(11)22/h4-5,12-14,21H,1,6-9H2,2-3H3,(H2,19,20)/t12-,13+,14+/m1/s1. The maximum absolute atomic E-state index is 6.33. The van der Waals surface area contributed by atoms with Crippen LogP contribution in [0.5, 0.6) is 0 Å². The van der Waals surface area contributed by atoms with Crippen LogP contribution in [0.1, 0.15) is 44.7 Å². The van der Waals surface area contributed by atoms with Gasteiger partial charge >= 0.3 is 0 Å². The molecule has 3 atom stereocenters. The van der Waals surface area contributed by atoms with Gasteiger partial charge in [-0.05, 0) is 39.2 Å². The van der Waals surface area contributed by atoms with Crippen molar-refractivity contribution < 1.29 is 9.47 Å². The Morgan fingerprint density at radius 1 is 1.38 bits per heavy atom. The van der Waals surface area contributed by atoms with Gasteiger partial charge in [0.05, 0.1) is 17.7 Å². The molecule has 1 aromatic heterocycles. The van der Waals surface area contributed by atoms with Crippen molar-refractivity contribution in [2.45, 2.75) is 57.1 Å². The molecule has 1 saturated heterocycles. The summed E-state index contributed by atoms with van der Waals surface area (Å²) in [5.74, 6) is 1.13. The van der Waals surface area contributed by atoms with Crippen LogP contribution in [0.2, 0.25) is 0 Å². The summed E-state index contributed by atoms with van der Waals surface area (Å²) in [6, 6.07) is 2.29. The number of nitrogens with one attached hydrogen (secondary N) is 1. The van der Waals surface area contributed by atoms with E-state index in [2.05, 4.69) is 27.7 Å². The van der Waals surface area contributed by atoms with Gasteiger partial charge in [0.2, 0.25) is 0 Å². The number of ether oxygens (including phenoxy) is 2. The minimum atomic E-state index is -0.529. The first-order valence-corrected chi connectivity index (χ1v) is 8.66. The predicted octanol–water partition coefficient (Wildman–Crippen LogP) is 2.38. The second-order valence-corrected chi connectivity index (χ2v) is 8.12. The van der Waals surface area contributed by atoms with Gasteiger partial charge in [0, 0.05) is 11.6 Å². The fraction of sp³-hybridized carbons (Fsp3) is 0.611. The number of allylic oxidation sites excluding steroid dienone is 1. The van der Waals surface area contributed by atoms with Gasteiger partial charge in [-0.3, -0.25) is 0 Å². The number of nitrogens with zero attached hydrogens (tertiary/aromatic N) is 2. The van der Waals surface area contributed by atoms with Crippen LogP contribution in [0.3, 0.4) is 0 Å². The molecule has 0 aromatic carbocycles. The van der Waals surface area contributed by atoms with E-state index in [9.17, 15) is 0 Å². The van der Waals surface area contributed by atoms with E-state index in [1.807, 2.05) is 19.9 Å². The molecule has 24 heavy (non-hydrogen) atoms. The lowest BCUT2D eigenvalue weighted by Gasteiger charge is -2.44. The molecular weight excluding hydrogens is 304 g/mol. The zero-order valence-electron chi connectivity index (χ0n) is 14.2. The summed E-state index contributed by atoms with van der Waals surface area (Å²) in [7, 11) is 0. The Morgan fingerprint density at radius 2 is 2.17 bits per heavy atom. The molecule has 0 amide bonds. The van der Waals surface area contributed by atoms with Crippen molar-refractivity contribution in [2.24, 2.45) is 16.1 Å². The Balaban J connectivity index is 1.55. The van der Waals surface area contributed by atoms with Gasteiger partial charge in [-0.1, -0.05) is 12.2 Å². The molecule has 128 valence electrons. The van der Waals surface area contributed by atoms with E-state index in [1.54, 1.807) is 0 Å². The summed E-state index contributed by atoms with van der Waals surface area (Å²) in [6.45, 7) is 8.70. The van der Waals surface area contributed by atoms with E-state index in [1.165, 1.54) is 5.57 Å². The van der Waals surface area contributed by atoms with Crippen molar-refractivity contribution in [1.82, 2.24) is 4.57 Å². The average molecular weight is 328 g/mol. The lowest BCUT2D eigenvalue weighted by atomic mass is 9.63. The fourth-order valence-electron chi connectivity index (χ4n) is 5.14. The number of hydrogen-bond donors (Lipinski definition) is 2. The Bertz CT molecular complexity index is 755. The molecule has 3 fully saturated rings. The Hall–Kier alpha value is -1.79. The topological polar surface area (TPSA) is 73.8 Å². The number of amidine groups is 1. The van der Waals surface area contributed by atoms with Crippen LogP contribution in [0.25, 0.3) is 0 Å². The van der Waals surface area contributed by atoms with Crippen LogP contribution in [0.4, 0.5) is 5.82 Å². The minimum Gasteiger partial charge on any atom is -0.383 e. The molecule has 3 heterocycles. The third-order valence-electron chi connectivity index (χ3n) is 5.98. The van der Waals surface area contributed by atoms with E-state index in [0.29, 0.717) is 12.5 Å². The summed E-state index contributed by atoms with van der Waals surface area (Å²) in [5.41, 5.74) is 8.53. The monoisotopic (exact) mass is 328 g/mol. The molecule has 2 aliphatic heterocycles. The van der Waals surface area contributed by atoms with E-state index < -0.39 is 5.79 Å². The Labute approximate surface area is 141 Å². The van der Waals surface area contributed by atoms with Crippen molar-refractivity contribution in [3.8, 4) is 0 Å². The first kappa shape index (κ1) is 14.5. The van der Waals surface area contributed by atoms with E-state index >= 15 is 0 Å². The summed E-state index contributed by atoms with van der Waals surface area (Å²) in [6.07, 6.45) is 5.45. The largest absolute Gasteiger partial charge is 0.383 e. The van der Waals surface area contributed by atoms with Crippen LogP contribution in [0.15, 0.2) is 29.4 Å². The fourth-order valence-corrected chi connectivity index (χ4v) is 5.14. The van der Waals surface area contributed by atoms with Gasteiger partial charge < -0.3 is 25.1 Å². The third-order valence-corrected chi connectivity index (χ3v) is 5.98. The number of anilines is 1. The normalized spacial score (nSPS) is 35.2. The number of nitrogens with two attached hydrogens (primary N) is 1. The summed E-state index contributed by atoms with van der Waals surface area (Å²) in [4.78, 5) is 4.27. The predicted molar refractivity (Wildman–Crippen MR) is 91.9 cm³/mol. The highest BCUT2D eigenvalue weighted by Gasteiger charge is 2.64. The van der Waals surface area contributed by atoms with Crippen LogP contribution in [-0.2, 0) is 9.47 Å². The molecule has 1 spiro atoms. The minimum absolute atomic E-state index is 0.0616. The molecule has 5 rings (SSSR count). The van der Waals surface area contributed by atoms with Gasteiger partial charge in [0.25, 0.3) is 0 Å². The second-order valence-electron chi connectivity index (χ2n) is 8.12. The number of rotatable bonds is 1. The van der Waals surface area contributed by atoms with Gasteiger partial charge in [0.15, 0.2) is 5.79 Å². The first-order chi connectivity index (χ1) is 11.4. The molecule has 0 bridgehead atoms. The number of fused-ring (bicyclic) bond motifs is 3. The van der Waals surface area contributed by atoms with Crippen molar-refractivity contribution in [3.05, 3.63) is 30.0 Å². The van der Waals surface area contributed by atoms with Crippen molar-refractivity contribution in [1.29, 1.82) is 0 Å². The van der Waals surface area contributed by atoms with Crippen LogP contribution in [-0.4, -0.2) is 35.1 Å². The maximum Gasteiger partial charge on any atom is 0.163 e. The van der Waals surface area contributed by atoms with Gasteiger partial charge in [0.1, 0.15) is 24.4 Å². The molecule has 0 unspecified atom stereocenters. The molecule has 3 N–H and O–H groups in total. The smallest absolute Gasteiger partial charge is 0.163 e. The quantitative estimate of drug-likeness (QED) is 0.776. The Kier molecular flexibility index (Phi) is 2.69. The van der Waals surface area contributed by atoms with Gasteiger partial charge in [-0.25, -0.2) is 4.99 Å². The summed E-state index contributed by atoms with van der Waals surface area (Å²) in [5, 5.41) is 3.37. The zero-order chi connectivity index (χ0) is 16.7. The lowest BCUT2D eigenvalue weighted by molar-refractivity contribution is -0.172. The highest BCUT2D eigenvalue weighted by Crippen LogP contribution is 2.63. The third kappa shape index (κ3) is 1.81. The highest BCUT2D eigenvalue weighted by molar-refractivity contribution is 6.03. The zero-order valence-corrected chi connectivity index (χ0v) is 14.2. The summed E-state index contributed by atoms with van der Waals surface area (Å²) >= 11 is 0. The SMILES string of the molecule is C=C1CC2(C1)C[C@@H](n1ccc3c1NCN=C3N)[C@@H]1OC(C)(C)O[C@@H]12. The lowest BCUT2D eigenvalue weighted by Crippen LogP contribution is -2.42. The molecule has 4 aliphatic rings. The summed E-state index contributed by atoms with van der Waals surface area (Å²) < 4.78 is 14.9. The van der Waals surface area contributed by atoms with E-state index in [0.717, 1.165) is 30.6 Å². The van der Waals surface area contributed by atoms with Crippen LogP contribution < -0.4 is 11.1 Å². The average Bonchev–Trinajstić information content (AvgIpc) is 3.11. The van der Waals surface area contributed by atoms with Gasteiger partial charge in [-0.15, -0.1) is 0 Å². The second kappa shape index (κ2) is 4.43. The van der Waals surface area contributed by atoms with Gasteiger partial charge in [-0.2, -0.15) is 0 Å². The molecule has 0 radical (unpaired) electrons. The number of aromatic nitrogens is 1. The Morgan fingerprint density at radius 3 is 2.92 bits per heavy atom. The molecule has 6 heteroatoms. The van der Waals surface area contributed by atoms with Crippen molar-refractivity contribution in [3.63, 3.8) is 0 Å². The van der Waals surface area contributed by atoms with Crippen molar-refractivity contribution in [2.75, 3.05) is 12.0 Å². The first-order valence-electron chi connectivity index (χ1n) is 8.66. The molecule has 1 aromatic rings. The molecule has 2 aliphatic carbocycles. The number of hydrogen-bond acceptors (Lipinski definition) is 5. The molecule has 6 nitrogen and oxygen atoms in total. The van der Waals surface area contributed by atoms with Crippen LogP contribution in [0, 0.1) is 5.41 Å². The highest BCUT2D eigenvalue weighted by atomic mass is 16.8.